The molecule has 1 aliphatic heterocycles. The second kappa shape index (κ2) is 10.8. The van der Waals surface area contributed by atoms with Crippen LogP contribution in [0.1, 0.15) is 73.1 Å². The number of ether oxygens (including phenoxy) is 2. The zero-order valence-corrected chi connectivity index (χ0v) is 19.4. The van der Waals surface area contributed by atoms with Crippen LogP contribution in [0.4, 0.5) is 0 Å². The molecule has 0 radical (unpaired) electrons. The fraction of sp³-hybridized carbons (Fsp3) is 0.773. The molecule has 1 aliphatic rings. The van der Waals surface area contributed by atoms with Crippen molar-refractivity contribution >= 4 is 28.6 Å². The van der Waals surface area contributed by atoms with E-state index in [0.29, 0.717) is 18.4 Å². The fourth-order valence-corrected chi connectivity index (χ4v) is 3.47. The molecule has 26 heavy (non-hydrogen) atoms. The van der Waals surface area contributed by atoms with Crippen molar-refractivity contribution in [3.8, 4) is 0 Å². The molecule has 1 saturated heterocycles. The van der Waals surface area contributed by atoms with Crippen molar-refractivity contribution in [1.29, 1.82) is 0 Å². The van der Waals surface area contributed by atoms with E-state index < -0.39 is 5.41 Å². The molecule has 150 valence electrons. The van der Waals surface area contributed by atoms with Crippen LogP contribution in [0.15, 0.2) is 22.3 Å². The Morgan fingerprint density at radius 2 is 2.00 bits per heavy atom. The molecule has 1 heterocycles. The van der Waals surface area contributed by atoms with Gasteiger partial charge in [0.25, 0.3) is 0 Å². The first-order valence-electron chi connectivity index (χ1n) is 9.85. The molecule has 0 aromatic rings. The number of esters is 1. The summed E-state index contributed by atoms with van der Waals surface area (Å²) in [7, 11) is 0. The SMILES string of the molecule is C=C1C[C@H](CCCOC(=O)C(C)(C)C)OC1CC[C@@H](C)C[C@@H](C)C(=C)I. The Morgan fingerprint density at radius 1 is 1.35 bits per heavy atom. The van der Waals surface area contributed by atoms with Gasteiger partial charge in [-0.3, -0.25) is 4.79 Å². The van der Waals surface area contributed by atoms with Gasteiger partial charge < -0.3 is 9.47 Å². The molecular formula is C22H37IO3. The minimum absolute atomic E-state index is 0.135. The smallest absolute Gasteiger partial charge is 0.311 e. The fourth-order valence-electron chi connectivity index (χ4n) is 3.22. The summed E-state index contributed by atoms with van der Waals surface area (Å²) in [6.45, 7) is 18.9. The monoisotopic (exact) mass is 476 g/mol. The summed E-state index contributed by atoms with van der Waals surface area (Å²) in [5.74, 6) is 1.11. The van der Waals surface area contributed by atoms with E-state index in [-0.39, 0.29) is 18.2 Å². The second-order valence-corrected chi connectivity index (χ2v) is 10.3. The van der Waals surface area contributed by atoms with E-state index in [9.17, 15) is 4.79 Å². The van der Waals surface area contributed by atoms with Gasteiger partial charge in [0.2, 0.25) is 0 Å². The van der Waals surface area contributed by atoms with Gasteiger partial charge in [0.05, 0.1) is 24.2 Å². The second-order valence-electron chi connectivity index (χ2n) is 8.90. The highest BCUT2D eigenvalue weighted by molar-refractivity contribution is 14.1. The largest absolute Gasteiger partial charge is 0.465 e. The molecule has 0 spiro atoms. The molecular weight excluding hydrogens is 439 g/mol. The highest BCUT2D eigenvalue weighted by atomic mass is 127. The molecule has 3 nitrogen and oxygen atoms in total. The van der Waals surface area contributed by atoms with Crippen molar-refractivity contribution in [2.24, 2.45) is 17.3 Å². The molecule has 0 aromatic carbocycles. The van der Waals surface area contributed by atoms with Crippen LogP contribution in [-0.2, 0) is 14.3 Å². The zero-order chi connectivity index (χ0) is 19.9. The third-order valence-corrected chi connectivity index (χ3v) is 6.09. The maximum atomic E-state index is 11.8. The Kier molecular flexibility index (Phi) is 9.87. The summed E-state index contributed by atoms with van der Waals surface area (Å²) < 4.78 is 12.8. The van der Waals surface area contributed by atoms with E-state index in [1.165, 1.54) is 15.6 Å². The maximum absolute atomic E-state index is 11.8. The molecule has 4 atom stereocenters. The van der Waals surface area contributed by atoms with E-state index in [4.69, 9.17) is 9.47 Å². The molecule has 0 aromatic heterocycles. The first-order valence-corrected chi connectivity index (χ1v) is 10.9. The number of hydrogen-bond donors (Lipinski definition) is 0. The molecule has 0 N–H and O–H groups in total. The van der Waals surface area contributed by atoms with Crippen LogP contribution in [-0.4, -0.2) is 24.8 Å². The van der Waals surface area contributed by atoms with Crippen LogP contribution in [0.5, 0.6) is 0 Å². The predicted octanol–water partition coefficient (Wildman–Crippen LogP) is 6.46. The van der Waals surface area contributed by atoms with Gasteiger partial charge in [-0.05, 0) is 103 Å². The summed E-state index contributed by atoms with van der Waals surface area (Å²) in [5, 5.41) is 0. The number of carbonyl (C=O) groups is 1. The normalized spacial score (nSPS) is 22.9. The van der Waals surface area contributed by atoms with Gasteiger partial charge in [0.15, 0.2) is 0 Å². The molecule has 0 aliphatic carbocycles. The zero-order valence-electron chi connectivity index (χ0n) is 17.3. The highest BCUT2D eigenvalue weighted by Gasteiger charge is 2.29. The Bertz CT molecular complexity index is 492. The van der Waals surface area contributed by atoms with Gasteiger partial charge in [-0.2, -0.15) is 0 Å². The Labute approximate surface area is 174 Å². The third-order valence-electron chi connectivity index (χ3n) is 5.03. The average molecular weight is 476 g/mol. The molecule has 0 amide bonds. The third kappa shape index (κ3) is 8.55. The van der Waals surface area contributed by atoms with Crippen molar-refractivity contribution in [1.82, 2.24) is 0 Å². The number of rotatable bonds is 10. The van der Waals surface area contributed by atoms with Crippen LogP contribution in [0, 0.1) is 17.3 Å². The summed E-state index contributed by atoms with van der Waals surface area (Å²) in [5.41, 5.74) is 0.793. The van der Waals surface area contributed by atoms with Crippen LogP contribution in [0.2, 0.25) is 0 Å². The van der Waals surface area contributed by atoms with Crippen LogP contribution in [0.25, 0.3) is 0 Å². The van der Waals surface area contributed by atoms with E-state index in [0.717, 1.165) is 32.1 Å². The molecule has 1 unspecified atom stereocenters. The summed E-state index contributed by atoms with van der Waals surface area (Å²) in [6.07, 6.45) is 6.52. The van der Waals surface area contributed by atoms with Gasteiger partial charge >= 0.3 is 5.97 Å². The van der Waals surface area contributed by atoms with E-state index in [1.54, 1.807) is 0 Å². The molecule has 0 saturated carbocycles. The number of halogens is 1. The van der Waals surface area contributed by atoms with Crippen LogP contribution < -0.4 is 0 Å². The quantitative estimate of drug-likeness (QED) is 0.157. The minimum atomic E-state index is -0.429. The number of hydrogen-bond acceptors (Lipinski definition) is 3. The lowest BCUT2D eigenvalue weighted by molar-refractivity contribution is -0.153. The minimum Gasteiger partial charge on any atom is -0.465 e. The molecule has 0 bridgehead atoms. The lowest BCUT2D eigenvalue weighted by Gasteiger charge is -2.19. The molecule has 4 heteroatoms. The van der Waals surface area contributed by atoms with Gasteiger partial charge in [0, 0.05) is 0 Å². The van der Waals surface area contributed by atoms with Gasteiger partial charge in [-0.1, -0.05) is 27.0 Å². The Balaban J connectivity index is 2.25. The van der Waals surface area contributed by atoms with Crippen molar-refractivity contribution in [2.45, 2.75) is 85.4 Å². The van der Waals surface area contributed by atoms with Crippen LogP contribution in [0.3, 0.4) is 0 Å². The van der Waals surface area contributed by atoms with Gasteiger partial charge in [-0.15, -0.1) is 0 Å². The summed E-state index contributed by atoms with van der Waals surface area (Å²) in [6, 6.07) is 0. The maximum Gasteiger partial charge on any atom is 0.311 e. The Hall–Kier alpha value is -0.360. The van der Waals surface area contributed by atoms with Crippen LogP contribution >= 0.6 is 22.6 Å². The Morgan fingerprint density at radius 3 is 2.58 bits per heavy atom. The number of carbonyl (C=O) groups excluding carboxylic acids is 1. The van der Waals surface area contributed by atoms with E-state index in [1.807, 2.05) is 20.8 Å². The van der Waals surface area contributed by atoms with Crippen molar-refractivity contribution < 1.29 is 14.3 Å². The molecule has 1 fully saturated rings. The first kappa shape index (κ1) is 23.7. The predicted molar refractivity (Wildman–Crippen MR) is 117 cm³/mol. The summed E-state index contributed by atoms with van der Waals surface area (Å²) >= 11 is 2.33. The lowest BCUT2D eigenvalue weighted by atomic mass is 9.91. The lowest BCUT2D eigenvalue weighted by Crippen LogP contribution is -2.23. The van der Waals surface area contributed by atoms with Crippen molar-refractivity contribution in [3.05, 3.63) is 22.3 Å². The average Bonchev–Trinajstić information content (AvgIpc) is 2.88. The van der Waals surface area contributed by atoms with E-state index in [2.05, 4.69) is 49.6 Å². The van der Waals surface area contributed by atoms with Gasteiger partial charge in [0.1, 0.15) is 0 Å². The van der Waals surface area contributed by atoms with Crippen molar-refractivity contribution in [2.75, 3.05) is 6.61 Å². The molecule has 1 rings (SSSR count). The number of allylic oxidation sites excluding steroid dienone is 1. The first-order chi connectivity index (χ1) is 12.0. The topological polar surface area (TPSA) is 35.5 Å². The van der Waals surface area contributed by atoms with Crippen molar-refractivity contribution in [3.63, 3.8) is 0 Å². The summed E-state index contributed by atoms with van der Waals surface area (Å²) in [4.78, 5) is 11.8. The highest BCUT2D eigenvalue weighted by Crippen LogP contribution is 2.32. The van der Waals surface area contributed by atoms with Gasteiger partial charge in [-0.25, -0.2) is 0 Å². The standard InChI is InChI=1S/C22H37IO3/c1-15(13-16(2)18(4)23)10-11-20-17(3)14-19(26-20)9-8-12-25-21(24)22(5,6)7/h15-16,19-20H,3-4,8-14H2,1-2,5-7H3/t15-,16-,19+,20?/m1/s1. The van der Waals surface area contributed by atoms with E-state index >= 15 is 0 Å².